The summed E-state index contributed by atoms with van der Waals surface area (Å²) in [6.45, 7) is 2.29. The van der Waals surface area contributed by atoms with Crippen molar-refractivity contribution in [1.82, 2.24) is 5.01 Å². The number of nitrogens with zero attached hydrogens (tertiary/aromatic N) is 1. The molecule has 1 amide bonds. The van der Waals surface area contributed by atoms with Gasteiger partial charge >= 0.3 is 5.97 Å². The summed E-state index contributed by atoms with van der Waals surface area (Å²) in [4.78, 5) is 21.1. The van der Waals surface area contributed by atoms with Gasteiger partial charge in [-0.05, 0) is 6.42 Å². The lowest BCUT2D eigenvalue weighted by molar-refractivity contribution is -0.145. The Bertz CT molecular complexity index is 195. The van der Waals surface area contributed by atoms with E-state index in [9.17, 15) is 9.59 Å². The maximum atomic E-state index is 10.6. The molecule has 0 spiro atoms. The van der Waals surface area contributed by atoms with E-state index in [2.05, 4.69) is 0 Å². The van der Waals surface area contributed by atoms with E-state index in [1.54, 1.807) is 0 Å². The van der Waals surface area contributed by atoms with Crippen molar-refractivity contribution in [3.63, 3.8) is 0 Å². The fraction of sp³-hybridized carbons (Fsp3) is 0.714. The van der Waals surface area contributed by atoms with Gasteiger partial charge in [0.15, 0.2) is 0 Å². The molecule has 76 valence electrons. The number of aliphatic carboxylic acids is 1. The molecule has 0 radical (unpaired) electrons. The molecule has 0 aromatic rings. The van der Waals surface area contributed by atoms with Crippen LogP contribution in [-0.4, -0.2) is 34.6 Å². The Morgan fingerprint density at radius 1 is 1.54 bits per heavy atom. The SMILES string of the molecule is CCCN(N)C(CC(N)=O)C(=O)O. The molecule has 1 atom stereocenters. The van der Waals surface area contributed by atoms with E-state index >= 15 is 0 Å². The summed E-state index contributed by atoms with van der Waals surface area (Å²) < 4.78 is 0. The summed E-state index contributed by atoms with van der Waals surface area (Å²) in [5.74, 6) is 3.62. The van der Waals surface area contributed by atoms with Crippen molar-refractivity contribution in [2.45, 2.75) is 25.8 Å². The molecule has 0 heterocycles. The topological polar surface area (TPSA) is 110 Å². The predicted octanol–water partition coefficient (Wildman–Crippen LogP) is -1.10. The standard InChI is InChI=1S/C7H15N3O3/c1-2-3-10(9)5(7(12)13)4-6(8)11/h5H,2-4,9H2,1H3,(H2,8,11)(H,12,13). The van der Waals surface area contributed by atoms with Crippen molar-refractivity contribution in [2.75, 3.05) is 6.54 Å². The zero-order chi connectivity index (χ0) is 10.4. The lowest BCUT2D eigenvalue weighted by Gasteiger charge is -2.22. The zero-order valence-electron chi connectivity index (χ0n) is 7.56. The molecule has 13 heavy (non-hydrogen) atoms. The summed E-state index contributed by atoms with van der Waals surface area (Å²) in [5, 5.41) is 9.81. The van der Waals surface area contributed by atoms with Crippen LogP contribution in [0.4, 0.5) is 0 Å². The Kier molecular flexibility index (Phi) is 5.01. The van der Waals surface area contributed by atoms with Gasteiger partial charge in [-0.3, -0.25) is 15.4 Å². The van der Waals surface area contributed by atoms with E-state index in [0.717, 1.165) is 11.4 Å². The molecule has 0 rings (SSSR count). The van der Waals surface area contributed by atoms with Crippen LogP contribution in [0.5, 0.6) is 0 Å². The number of carboxylic acids is 1. The number of hydrazine groups is 1. The van der Waals surface area contributed by atoms with Gasteiger partial charge in [0.2, 0.25) is 5.91 Å². The first-order chi connectivity index (χ1) is 5.99. The van der Waals surface area contributed by atoms with Crippen LogP contribution in [0.1, 0.15) is 19.8 Å². The predicted molar refractivity (Wildman–Crippen MR) is 46.4 cm³/mol. The Morgan fingerprint density at radius 3 is 2.38 bits per heavy atom. The summed E-state index contributed by atoms with van der Waals surface area (Å²) in [6, 6.07) is -1.02. The van der Waals surface area contributed by atoms with Crippen molar-refractivity contribution in [3.8, 4) is 0 Å². The molecule has 0 fully saturated rings. The zero-order valence-corrected chi connectivity index (χ0v) is 7.56. The van der Waals surface area contributed by atoms with Gasteiger partial charge in [-0.15, -0.1) is 0 Å². The molecule has 0 saturated carbocycles. The van der Waals surface area contributed by atoms with Gasteiger partial charge in [0, 0.05) is 6.54 Å². The van der Waals surface area contributed by atoms with Crippen molar-refractivity contribution >= 4 is 11.9 Å². The normalized spacial score (nSPS) is 12.8. The van der Waals surface area contributed by atoms with E-state index < -0.39 is 17.9 Å². The maximum Gasteiger partial charge on any atom is 0.322 e. The van der Waals surface area contributed by atoms with Crippen LogP contribution in [0.2, 0.25) is 0 Å². The highest BCUT2D eigenvalue weighted by molar-refractivity contribution is 5.83. The van der Waals surface area contributed by atoms with Crippen molar-refractivity contribution < 1.29 is 14.7 Å². The van der Waals surface area contributed by atoms with Crippen LogP contribution >= 0.6 is 0 Å². The summed E-state index contributed by atoms with van der Waals surface area (Å²) in [6.07, 6.45) is 0.463. The number of hydrogen-bond acceptors (Lipinski definition) is 4. The maximum absolute atomic E-state index is 10.6. The molecule has 6 nitrogen and oxygen atoms in total. The molecule has 1 unspecified atom stereocenters. The third kappa shape index (κ3) is 4.44. The summed E-state index contributed by atoms with van der Waals surface area (Å²) in [7, 11) is 0. The van der Waals surface area contributed by atoms with Crippen molar-refractivity contribution in [2.24, 2.45) is 11.6 Å². The number of amides is 1. The molecule has 6 heteroatoms. The minimum atomic E-state index is -1.13. The van der Waals surface area contributed by atoms with Crippen LogP contribution < -0.4 is 11.6 Å². The average molecular weight is 189 g/mol. The molecule has 0 saturated heterocycles. The van der Waals surface area contributed by atoms with E-state index in [1.807, 2.05) is 6.92 Å². The molecular weight excluding hydrogens is 174 g/mol. The summed E-state index contributed by atoms with van der Waals surface area (Å²) >= 11 is 0. The first kappa shape index (κ1) is 11.9. The van der Waals surface area contributed by atoms with E-state index in [0.29, 0.717) is 6.54 Å². The van der Waals surface area contributed by atoms with Gasteiger partial charge in [-0.25, -0.2) is 5.01 Å². The quantitative estimate of drug-likeness (QED) is 0.363. The van der Waals surface area contributed by atoms with Gasteiger partial charge in [0.05, 0.1) is 6.42 Å². The van der Waals surface area contributed by atoms with Crippen molar-refractivity contribution in [3.05, 3.63) is 0 Å². The molecular formula is C7H15N3O3. The average Bonchev–Trinajstić information content (AvgIpc) is 1.99. The highest BCUT2D eigenvalue weighted by Gasteiger charge is 2.24. The minimum Gasteiger partial charge on any atom is -0.480 e. The number of rotatable bonds is 6. The van der Waals surface area contributed by atoms with Gasteiger partial charge in [0.1, 0.15) is 6.04 Å². The largest absolute Gasteiger partial charge is 0.480 e. The van der Waals surface area contributed by atoms with E-state index in [-0.39, 0.29) is 6.42 Å². The molecule has 0 aliphatic rings. The number of nitrogens with two attached hydrogens (primary N) is 2. The molecule has 0 aromatic heterocycles. The second-order valence-electron chi connectivity index (χ2n) is 2.76. The summed E-state index contributed by atoms with van der Waals surface area (Å²) in [5.41, 5.74) is 4.88. The van der Waals surface area contributed by atoms with Crippen LogP contribution in [0.3, 0.4) is 0 Å². The second kappa shape index (κ2) is 5.50. The first-order valence-corrected chi connectivity index (χ1v) is 4.01. The monoisotopic (exact) mass is 189 g/mol. The van der Waals surface area contributed by atoms with Gasteiger partial charge in [-0.1, -0.05) is 6.92 Å². The lowest BCUT2D eigenvalue weighted by Crippen LogP contribution is -2.48. The Labute approximate surface area is 76.5 Å². The highest BCUT2D eigenvalue weighted by atomic mass is 16.4. The number of hydrogen-bond donors (Lipinski definition) is 3. The van der Waals surface area contributed by atoms with Crippen LogP contribution in [0.25, 0.3) is 0 Å². The van der Waals surface area contributed by atoms with E-state index in [4.69, 9.17) is 16.7 Å². The fourth-order valence-electron chi connectivity index (χ4n) is 0.951. The van der Waals surface area contributed by atoms with Crippen LogP contribution in [0, 0.1) is 0 Å². The minimum absolute atomic E-state index is 0.258. The van der Waals surface area contributed by atoms with Gasteiger partial charge < -0.3 is 10.8 Å². The molecule has 0 aliphatic heterocycles. The Morgan fingerprint density at radius 2 is 2.08 bits per heavy atom. The Balaban J connectivity index is 4.23. The smallest absolute Gasteiger partial charge is 0.322 e. The molecule has 5 N–H and O–H groups in total. The molecule has 0 aromatic carbocycles. The third-order valence-electron chi connectivity index (χ3n) is 1.56. The number of carbonyl (C=O) groups is 2. The molecule has 0 aliphatic carbocycles. The van der Waals surface area contributed by atoms with Gasteiger partial charge in [-0.2, -0.15) is 0 Å². The fourth-order valence-corrected chi connectivity index (χ4v) is 0.951. The van der Waals surface area contributed by atoms with E-state index in [1.165, 1.54) is 0 Å². The van der Waals surface area contributed by atoms with Crippen molar-refractivity contribution in [1.29, 1.82) is 0 Å². The number of primary amides is 1. The first-order valence-electron chi connectivity index (χ1n) is 4.01. The lowest BCUT2D eigenvalue weighted by atomic mass is 10.2. The second-order valence-corrected chi connectivity index (χ2v) is 2.76. The third-order valence-corrected chi connectivity index (χ3v) is 1.56. The molecule has 0 bridgehead atoms. The Hall–Kier alpha value is -1.14. The van der Waals surface area contributed by atoms with Crippen LogP contribution in [-0.2, 0) is 9.59 Å². The number of carbonyl (C=O) groups excluding carboxylic acids is 1. The van der Waals surface area contributed by atoms with Gasteiger partial charge in [0.25, 0.3) is 0 Å². The number of carboxylic acid groups (broad SMARTS) is 1. The van der Waals surface area contributed by atoms with Crippen LogP contribution in [0.15, 0.2) is 0 Å². The highest BCUT2D eigenvalue weighted by Crippen LogP contribution is 2.00.